The third kappa shape index (κ3) is 4.65. The Kier molecular flexibility index (Phi) is 5.68. The van der Waals surface area contributed by atoms with Crippen molar-refractivity contribution in [2.24, 2.45) is 5.41 Å². The van der Waals surface area contributed by atoms with Crippen molar-refractivity contribution in [3.05, 3.63) is 49.2 Å². The fourth-order valence-electron chi connectivity index (χ4n) is 2.25. The van der Waals surface area contributed by atoms with Crippen LogP contribution < -0.4 is 0 Å². The van der Waals surface area contributed by atoms with Crippen molar-refractivity contribution in [2.75, 3.05) is 13.1 Å². The molecule has 3 heteroatoms. The highest BCUT2D eigenvalue weighted by molar-refractivity contribution is 6.22. The van der Waals surface area contributed by atoms with Crippen LogP contribution in [0.25, 0.3) is 0 Å². The summed E-state index contributed by atoms with van der Waals surface area (Å²) in [5.74, 6) is -0.121. The molecule has 0 unspecified atom stereocenters. The van der Waals surface area contributed by atoms with Gasteiger partial charge in [0.25, 0.3) is 0 Å². The lowest BCUT2D eigenvalue weighted by Crippen LogP contribution is -2.31. The first-order chi connectivity index (χ1) is 9.39. The fourth-order valence-corrected chi connectivity index (χ4v) is 2.25. The van der Waals surface area contributed by atoms with Crippen molar-refractivity contribution >= 4 is 11.6 Å². The number of carbonyl (C=O) groups excluding carboxylic acids is 2. The van der Waals surface area contributed by atoms with Gasteiger partial charge in [0.2, 0.25) is 0 Å². The van der Waals surface area contributed by atoms with Crippen molar-refractivity contribution in [2.45, 2.75) is 26.7 Å². The molecule has 0 aliphatic heterocycles. The van der Waals surface area contributed by atoms with Gasteiger partial charge in [-0.3, -0.25) is 9.59 Å². The van der Waals surface area contributed by atoms with Crippen molar-refractivity contribution in [1.29, 1.82) is 0 Å². The molecule has 20 heavy (non-hydrogen) atoms. The van der Waals surface area contributed by atoms with Crippen LogP contribution >= 0.6 is 0 Å². The molecule has 0 aromatic carbocycles. The lowest BCUT2D eigenvalue weighted by atomic mass is 9.74. The Morgan fingerprint density at radius 3 is 2.05 bits per heavy atom. The molecule has 0 spiro atoms. The van der Waals surface area contributed by atoms with E-state index in [1.807, 2.05) is 24.9 Å². The number of rotatable bonds is 6. The third-order valence-corrected chi connectivity index (χ3v) is 3.17. The highest BCUT2D eigenvalue weighted by Gasteiger charge is 2.35. The van der Waals surface area contributed by atoms with Crippen LogP contribution in [-0.2, 0) is 9.59 Å². The van der Waals surface area contributed by atoms with Gasteiger partial charge >= 0.3 is 0 Å². The molecule has 0 N–H and O–H groups in total. The first kappa shape index (κ1) is 16.2. The van der Waals surface area contributed by atoms with E-state index >= 15 is 0 Å². The monoisotopic (exact) mass is 273 g/mol. The Labute approximate surface area is 121 Å². The SMILES string of the molecule is C=CCN(/C=C/C=C1C(=O)CC(C)(C)CC1=O)CC=C. The maximum atomic E-state index is 12.0. The van der Waals surface area contributed by atoms with Crippen LogP contribution in [0.4, 0.5) is 0 Å². The van der Waals surface area contributed by atoms with Gasteiger partial charge in [0, 0.05) is 25.9 Å². The minimum atomic E-state index is -0.215. The van der Waals surface area contributed by atoms with Gasteiger partial charge in [0.05, 0.1) is 5.57 Å². The molecule has 1 aliphatic rings. The highest BCUT2D eigenvalue weighted by Crippen LogP contribution is 2.33. The van der Waals surface area contributed by atoms with E-state index in [0.717, 1.165) is 0 Å². The summed E-state index contributed by atoms with van der Waals surface area (Å²) in [6.07, 6.45) is 9.66. The van der Waals surface area contributed by atoms with Crippen molar-refractivity contribution in [3.8, 4) is 0 Å². The average Bonchev–Trinajstić information content (AvgIpc) is 2.31. The molecule has 0 radical (unpaired) electrons. The van der Waals surface area contributed by atoms with E-state index in [0.29, 0.717) is 31.5 Å². The maximum Gasteiger partial charge on any atom is 0.166 e. The highest BCUT2D eigenvalue weighted by atomic mass is 16.1. The Morgan fingerprint density at radius 1 is 1.10 bits per heavy atom. The Morgan fingerprint density at radius 2 is 1.60 bits per heavy atom. The summed E-state index contributed by atoms with van der Waals surface area (Å²) in [6, 6.07) is 0. The van der Waals surface area contributed by atoms with Gasteiger partial charge in [-0.1, -0.05) is 26.0 Å². The summed E-state index contributed by atoms with van der Waals surface area (Å²) >= 11 is 0. The second-order valence-corrected chi connectivity index (χ2v) is 5.82. The van der Waals surface area contributed by atoms with Gasteiger partial charge in [-0.05, 0) is 23.8 Å². The molecule has 0 atom stereocenters. The summed E-state index contributed by atoms with van der Waals surface area (Å²) in [4.78, 5) is 25.9. The van der Waals surface area contributed by atoms with Crippen molar-refractivity contribution in [1.82, 2.24) is 4.90 Å². The zero-order chi connectivity index (χ0) is 15.2. The largest absolute Gasteiger partial charge is 0.370 e. The van der Waals surface area contributed by atoms with Crippen LogP contribution in [0.3, 0.4) is 0 Å². The number of Topliss-reactive ketones (excluding diaryl/α,β-unsaturated/α-hetero) is 2. The number of hydrogen-bond acceptors (Lipinski definition) is 3. The second kappa shape index (κ2) is 7.04. The normalized spacial score (nSPS) is 18.2. The van der Waals surface area contributed by atoms with Crippen molar-refractivity contribution in [3.63, 3.8) is 0 Å². The molecule has 0 aromatic rings. The van der Waals surface area contributed by atoms with Crippen LogP contribution in [0.2, 0.25) is 0 Å². The molecule has 1 aliphatic carbocycles. The third-order valence-electron chi connectivity index (χ3n) is 3.17. The van der Waals surface area contributed by atoms with Gasteiger partial charge in [-0.15, -0.1) is 13.2 Å². The summed E-state index contributed by atoms with van der Waals surface area (Å²) in [5.41, 5.74) is 0.102. The van der Waals surface area contributed by atoms with Crippen LogP contribution in [0.1, 0.15) is 26.7 Å². The minimum Gasteiger partial charge on any atom is -0.370 e. The summed E-state index contributed by atoms with van der Waals surface area (Å²) in [6.45, 7) is 12.7. The van der Waals surface area contributed by atoms with E-state index in [-0.39, 0.29) is 17.0 Å². The van der Waals surface area contributed by atoms with Gasteiger partial charge < -0.3 is 4.90 Å². The quantitative estimate of drug-likeness (QED) is 0.424. The number of allylic oxidation sites excluding steroid dienone is 3. The number of ketones is 2. The van der Waals surface area contributed by atoms with E-state index in [1.165, 1.54) is 0 Å². The molecule has 108 valence electrons. The summed E-state index contributed by atoms with van der Waals surface area (Å²) in [7, 11) is 0. The first-order valence-corrected chi connectivity index (χ1v) is 6.80. The van der Waals surface area contributed by atoms with Crippen molar-refractivity contribution < 1.29 is 9.59 Å². The fraction of sp³-hybridized carbons (Fsp3) is 0.412. The molecule has 1 rings (SSSR count). The molecule has 0 saturated heterocycles. The molecule has 0 bridgehead atoms. The molecular weight excluding hydrogens is 250 g/mol. The predicted octanol–water partition coefficient (Wildman–Crippen LogP) is 3.06. The first-order valence-electron chi connectivity index (χ1n) is 6.80. The Bertz CT molecular complexity index is 437. The van der Waals surface area contributed by atoms with E-state index in [9.17, 15) is 9.59 Å². The standard InChI is InChI=1S/C17H23NO2/c1-5-9-18(10-6-2)11-7-8-14-15(19)12-17(3,4)13-16(14)20/h5-8,11H,1-2,9-10,12-13H2,3-4H3/b11-7+. The van der Waals surface area contributed by atoms with Crippen LogP contribution in [0.5, 0.6) is 0 Å². The zero-order valence-corrected chi connectivity index (χ0v) is 12.4. The summed E-state index contributed by atoms with van der Waals surface area (Å²) in [5, 5.41) is 0. The van der Waals surface area contributed by atoms with Gasteiger partial charge in [0.1, 0.15) is 0 Å². The smallest absolute Gasteiger partial charge is 0.166 e. The van der Waals surface area contributed by atoms with E-state index in [4.69, 9.17) is 0 Å². The maximum absolute atomic E-state index is 12.0. The van der Waals surface area contributed by atoms with E-state index in [2.05, 4.69) is 13.2 Å². The van der Waals surface area contributed by atoms with Crippen LogP contribution in [-0.4, -0.2) is 29.6 Å². The number of hydrogen-bond donors (Lipinski definition) is 0. The molecule has 0 aromatic heterocycles. The Balaban J connectivity index is 2.78. The lowest BCUT2D eigenvalue weighted by molar-refractivity contribution is -0.127. The molecule has 1 fully saturated rings. The van der Waals surface area contributed by atoms with Gasteiger partial charge in [0.15, 0.2) is 11.6 Å². The van der Waals surface area contributed by atoms with Crippen LogP contribution in [0, 0.1) is 5.41 Å². The molecule has 0 heterocycles. The second-order valence-electron chi connectivity index (χ2n) is 5.82. The lowest BCUT2D eigenvalue weighted by Gasteiger charge is -2.28. The Hall–Kier alpha value is -1.90. The van der Waals surface area contributed by atoms with E-state index in [1.54, 1.807) is 24.3 Å². The molecule has 0 amide bonds. The van der Waals surface area contributed by atoms with E-state index < -0.39 is 0 Å². The molecule has 3 nitrogen and oxygen atoms in total. The van der Waals surface area contributed by atoms with Gasteiger partial charge in [-0.2, -0.15) is 0 Å². The summed E-state index contributed by atoms with van der Waals surface area (Å²) < 4.78 is 0. The van der Waals surface area contributed by atoms with Crippen LogP contribution in [0.15, 0.2) is 49.2 Å². The molecular formula is C17H23NO2. The number of carbonyl (C=O) groups is 2. The number of nitrogens with zero attached hydrogens (tertiary/aromatic N) is 1. The zero-order valence-electron chi connectivity index (χ0n) is 12.4. The predicted molar refractivity (Wildman–Crippen MR) is 82.2 cm³/mol. The topological polar surface area (TPSA) is 37.4 Å². The van der Waals surface area contributed by atoms with Gasteiger partial charge in [-0.25, -0.2) is 0 Å². The molecule has 1 saturated carbocycles. The minimum absolute atomic E-state index is 0.0603. The average molecular weight is 273 g/mol.